The molecule has 0 bridgehead atoms. The van der Waals surface area contributed by atoms with Crippen molar-refractivity contribution in [2.75, 3.05) is 6.54 Å². The molecule has 0 unspecified atom stereocenters. The van der Waals surface area contributed by atoms with Crippen LogP contribution in [0, 0.1) is 17.7 Å². The Morgan fingerprint density at radius 3 is 2.45 bits per heavy atom. The third-order valence-electron chi connectivity index (χ3n) is 3.14. The van der Waals surface area contributed by atoms with Crippen molar-refractivity contribution >= 4 is 11.3 Å². The molecule has 2 aromatic heterocycles. The molecule has 0 saturated carbocycles. The number of pyridine rings is 1. The predicted molar refractivity (Wildman–Crippen MR) is 88.9 cm³/mol. The van der Waals surface area contributed by atoms with E-state index >= 15 is 0 Å². The monoisotopic (exact) mass is 308 g/mol. The molecule has 0 saturated heterocycles. The highest BCUT2D eigenvalue weighted by Gasteiger charge is 2.12. The maximum Gasteiger partial charge on any atom is 0.123 e. The van der Waals surface area contributed by atoms with E-state index in [4.69, 9.17) is 5.73 Å². The number of hydrogen-bond acceptors (Lipinski definition) is 3. The fraction of sp³-hybridized carbons (Fsp3) is 0.0556. The lowest BCUT2D eigenvalue weighted by molar-refractivity contribution is 0.628. The lowest BCUT2D eigenvalue weighted by atomic mass is 10.0. The van der Waals surface area contributed by atoms with Gasteiger partial charge >= 0.3 is 0 Å². The van der Waals surface area contributed by atoms with E-state index in [9.17, 15) is 4.39 Å². The summed E-state index contributed by atoms with van der Waals surface area (Å²) in [6, 6.07) is 12.5. The SMILES string of the molecule is NCC#Cc1cc(-c2ccncc2)c(-c2ccc(F)cc2)s1. The van der Waals surface area contributed by atoms with Crippen molar-refractivity contribution < 1.29 is 4.39 Å². The molecular weight excluding hydrogens is 295 g/mol. The first-order valence-electron chi connectivity index (χ1n) is 6.77. The Labute approximate surface area is 132 Å². The van der Waals surface area contributed by atoms with Crippen LogP contribution in [0.3, 0.4) is 0 Å². The van der Waals surface area contributed by atoms with Gasteiger partial charge in [-0.2, -0.15) is 0 Å². The number of benzene rings is 1. The Morgan fingerprint density at radius 2 is 1.77 bits per heavy atom. The second-order valence-corrected chi connectivity index (χ2v) is 5.65. The van der Waals surface area contributed by atoms with Gasteiger partial charge in [-0.3, -0.25) is 4.98 Å². The number of nitrogens with two attached hydrogens (primary N) is 1. The van der Waals surface area contributed by atoms with Gasteiger partial charge in [0.25, 0.3) is 0 Å². The van der Waals surface area contributed by atoms with Crippen molar-refractivity contribution in [1.82, 2.24) is 4.98 Å². The molecule has 22 heavy (non-hydrogen) atoms. The Hall–Kier alpha value is -2.48. The normalized spacial score (nSPS) is 10.1. The van der Waals surface area contributed by atoms with Gasteiger partial charge in [-0.1, -0.05) is 24.0 Å². The maximum absolute atomic E-state index is 13.2. The summed E-state index contributed by atoms with van der Waals surface area (Å²) in [5.74, 6) is 5.70. The minimum Gasteiger partial charge on any atom is -0.320 e. The first-order chi connectivity index (χ1) is 10.8. The molecule has 0 fully saturated rings. The molecular formula is C18H13FN2S. The van der Waals surface area contributed by atoms with E-state index in [1.54, 1.807) is 35.9 Å². The second kappa shape index (κ2) is 6.52. The van der Waals surface area contributed by atoms with Crippen molar-refractivity contribution in [2.45, 2.75) is 0 Å². The van der Waals surface area contributed by atoms with Crippen molar-refractivity contribution in [1.29, 1.82) is 0 Å². The molecule has 108 valence electrons. The summed E-state index contributed by atoms with van der Waals surface area (Å²) < 4.78 is 13.2. The number of thiophene rings is 1. The van der Waals surface area contributed by atoms with E-state index in [-0.39, 0.29) is 5.82 Å². The van der Waals surface area contributed by atoms with Gasteiger partial charge in [0.15, 0.2) is 0 Å². The van der Waals surface area contributed by atoms with Crippen molar-refractivity contribution in [3.8, 4) is 33.4 Å². The molecule has 2 nitrogen and oxygen atoms in total. The molecule has 0 amide bonds. The summed E-state index contributed by atoms with van der Waals surface area (Å²) in [5.41, 5.74) is 8.54. The largest absolute Gasteiger partial charge is 0.320 e. The maximum atomic E-state index is 13.2. The van der Waals surface area contributed by atoms with Crippen LogP contribution in [0.2, 0.25) is 0 Å². The van der Waals surface area contributed by atoms with Crippen LogP contribution in [-0.2, 0) is 0 Å². The van der Waals surface area contributed by atoms with Gasteiger partial charge in [0.2, 0.25) is 0 Å². The van der Waals surface area contributed by atoms with Crippen molar-refractivity contribution in [3.63, 3.8) is 0 Å². The summed E-state index contributed by atoms with van der Waals surface area (Å²) in [4.78, 5) is 6.05. The van der Waals surface area contributed by atoms with Gasteiger partial charge in [-0.05, 0) is 41.5 Å². The highest BCUT2D eigenvalue weighted by molar-refractivity contribution is 7.16. The quantitative estimate of drug-likeness (QED) is 0.729. The molecule has 0 aliphatic carbocycles. The van der Waals surface area contributed by atoms with E-state index in [1.165, 1.54) is 12.1 Å². The fourth-order valence-electron chi connectivity index (χ4n) is 2.15. The van der Waals surface area contributed by atoms with Crippen LogP contribution < -0.4 is 5.73 Å². The molecule has 1 aromatic carbocycles. The van der Waals surface area contributed by atoms with Crippen LogP contribution in [0.5, 0.6) is 0 Å². The van der Waals surface area contributed by atoms with Gasteiger partial charge in [0.05, 0.1) is 11.4 Å². The number of aromatic nitrogens is 1. The smallest absolute Gasteiger partial charge is 0.123 e. The Bertz CT molecular complexity index is 827. The van der Waals surface area contributed by atoms with Gasteiger partial charge in [0.1, 0.15) is 5.82 Å². The Balaban J connectivity index is 2.14. The Kier molecular flexibility index (Phi) is 4.29. The molecule has 2 N–H and O–H groups in total. The zero-order valence-electron chi connectivity index (χ0n) is 11.7. The molecule has 2 heterocycles. The minimum absolute atomic E-state index is 0.242. The van der Waals surface area contributed by atoms with Crippen LogP contribution in [0.4, 0.5) is 4.39 Å². The van der Waals surface area contributed by atoms with Crippen molar-refractivity contribution in [3.05, 3.63) is 65.6 Å². The van der Waals surface area contributed by atoms with Crippen molar-refractivity contribution in [2.24, 2.45) is 5.73 Å². The first-order valence-corrected chi connectivity index (χ1v) is 7.58. The van der Waals surface area contributed by atoms with Crippen LogP contribution in [-0.4, -0.2) is 11.5 Å². The molecule has 3 rings (SSSR count). The number of nitrogens with zero attached hydrogens (tertiary/aromatic N) is 1. The Morgan fingerprint density at radius 1 is 1.05 bits per heavy atom. The van der Waals surface area contributed by atoms with Crippen LogP contribution in [0.15, 0.2) is 54.9 Å². The zero-order chi connectivity index (χ0) is 15.4. The molecule has 0 radical (unpaired) electrons. The molecule has 0 spiro atoms. The molecule has 0 atom stereocenters. The van der Waals surface area contributed by atoms with Gasteiger partial charge < -0.3 is 5.73 Å². The first kappa shape index (κ1) is 14.5. The summed E-state index contributed by atoms with van der Waals surface area (Å²) in [5, 5.41) is 0. The van der Waals surface area contributed by atoms with E-state index in [0.29, 0.717) is 6.54 Å². The summed E-state index contributed by atoms with van der Waals surface area (Å²) in [6.07, 6.45) is 3.51. The molecule has 0 aliphatic rings. The summed E-state index contributed by atoms with van der Waals surface area (Å²) >= 11 is 1.58. The minimum atomic E-state index is -0.242. The summed E-state index contributed by atoms with van der Waals surface area (Å²) in [6.45, 7) is 0.328. The lowest BCUT2D eigenvalue weighted by Gasteiger charge is -2.03. The van der Waals surface area contributed by atoms with E-state index in [2.05, 4.69) is 16.8 Å². The zero-order valence-corrected chi connectivity index (χ0v) is 12.5. The highest BCUT2D eigenvalue weighted by Crippen LogP contribution is 2.39. The third-order valence-corrected chi connectivity index (χ3v) is 4.24. The van der Waals surface area contributed by atoms with Crippen LogP contribution in [0.1, 0.15) is 4.88 Å². The van der Waals surface area contributed by atoms with E-state index < -0.39 is 0 Å². The predicted octanol–water partition coefficient (Wildman–Crippen LogP) is 3.93. The molecule has 3 aromatic rings. The average Bonchev–Trinajstić information content (AvgIpc) is 2.98. The second-order valence-electron chi connectivity index (χ2n) is 4.60. The van der Waals surface area contributed by atoms with E-state index in [1.807, 2.05) is 18.2 Å². The third kappa shape index (κ3) is 3.06. The van der Waals surface area contributed by atoms with Gasteiger partial charge in [0, 0.05) is 22.8 Å². The van der Waals surface area contributed by atoms with E-state index in [0.717, 1.165) is 26.4 Å². The topological polar surface area (TPSA) is 38.9 Å². The average molecular weight is 308 g/mol. The highest BCUT2D eigenvalue weighted by atomic mass is 32.1. The summed E-state index contributed by atoms with van der Waals surface area (Å²) in [7, 11) is 0. The van der Waals surface area contributed by atoms with Crippen LogP contribution in [0.25, 0.3) is 21.6 Å². The van der Waals surface area contributed by atoms with Crippen LogP contribution >= 0.6 is 11.3 Å². The fourth-order valence-corrected chi connectivity index (χ4v) is 3.21. The number of halogens is 1. The standard InChI is InChI=1S/C18H13FN2S/c19-15-5-3-14(4-6-15)18-17(13-7-10-21-11-8-13)12-16(22-18)2-1-9-20/h3-8,10-12H,9,20H2. The number of rotatable bonds is 2. The molecule has 0 aliphatic heterocycles. The lowest BCUT2D eigenvalue weighted by Crippen LogP contribution is -1.92. The van der Waals surface area contributed by atoms with Gasteiger partial charge in [-0.15, -0.1) is 11.3 Å². The molecule has 4 heteroatoms. The number of hydrogen-bond donors (Lipinski definition) is 1. The van der Waals surface area contributed by atoms with Gasteiger partial charge in [-0.25, -0.2) is 4.39 Å².